The molecule has 1 fully saturated rings. The molecule has 1 aliphatic heterocycles. The smallest absolute Gasteiger partial charge is 0.319 e. The first-order chi connectivity index (χ1) is 12.2. The molecule has 0 bridgehead atoms. The summed E-state index contributed by atoms with van der Waals surface area (Å²) < 4.78 is 5.44. The number of nitrogens with zero attached hydrogens (tertiary/aromatic N) is 1. The Labute approximate surface area is 152 Å². The maximum Gasteiger partial charge on any atom is 0.319 e. The lowest BCUT2D eigenvalue weighted by Gasteiger charge is -2.30. The molecule has 1 aliphatic rings. The number of rotatable bonds is 9. The van der Waals surface area contributed by atoms with Crippen molar-refractivity contribution in [2.45, 2.75) is 46.1 Å². The Hall–Kier alpha value is -1.59. The molecule has 1 saturated heterocycles. The Morgan fingerprint density at radius 1 is 1.32 bits per heavy atom. The van der Waals surface area contributed by atoms with Gasteiger partial charge < -0.3 is 20.3 Å². The van der Waals surface area contributed by atoms with Gasteiger partial charge in [-0.15, -0.1) is 0 Å². The fourth-order valence-electron chi connectivity index (χ4n) is 3.30. The molecule has 0 saturated carbocycles. The molecule has 5 heteroatoms. The summed E-state index contributed by atoms with van der Waals surface area (Å²) in [6.45, 7) is 9.79. The zero-order valence-corrected chi connectivity index (χ0v) is 15.7. The molecule has 1 aromatic rings. The van der Waals surface area contributed by atoms with E-state index < -0.39 is 0 Å². The minimum absolute atomic E-state index is 0.143. The first-order valence-electron chi connectivity index (χ1n) is 9.62. The third-order valence-corrected chi connectivity index (χ3v) is 4.66. The van der Waals surface area contributed by atoms with Crippen molar-refractivity contribution in [3.63, 3.8) is 0 Å². The summed E-state index contributed by atoms with van der Waals surface area (Å²) in [4.78, 5) is 14.6. The van der Waals surface area contributed by atoms with Crippen molar-refractivity contribution in [2.24, 2.45) is 5.92 Å². The molecule has 1 aromatic carbocycles. The molecular formula is C20H33N3O2. The molecule has 2 rings (SSSR count). The van der Waals surface area contributed by atoms with E-state index in [1.165, 1.54) is 25.9 Å². The fraction of sp³-hybridized carbons (Fsp3) is 0.650. The Morgan fingerprint density at radius 3 is 2.96 bits per heavy atom. The third kappa shape index (κ3) is 7.45. The van der Waals surface area contributed by atoms with Crippen LogP contribution in [0.2, 0.25) is 0 Å². The Kier molecular flexibility index (Phi) is 8.77. The highest BCUT2D eigenvalue weighted by Crippen LogP contribution is 2.16. The second-order valence-corrected chi connectivity index (χ2v) is 6.93. The maximum atomic E-state index is 12.1. The highest BCUT2D eigenvalue weighted by molar-refractivity contribution is 5.90. The van der Waals surface area contributed by atoms with Crippen LogP contribution in [0.1, 0.15) is 45.1 Å². The number of hydrogen-bond acceptors (Lipinski definition) is 3. The van der Waals surface area contributed by atoms with Crippen molar-refractivity contribution in [2.75, 3.05) is 38.1 Å². The van der Waals surface area contributed by atoms with Gasteiger partial charge in [-0.05, 0) is 57.7 Å². The molecule has 25 heavy (non-hydrogen) atoms. The number of para-hydroxylation sites is 1. The number of piperidine rings is 1. The number of carbonyl (C=O) groups excluding carboxylic acids is 1. The van der Waals surface area contributed by atoms with Crippen LogP contribution in [0.3, 0.4) is 0 Å². The summed E-state index contributed by atoms with van der Waals surface area (Å²) in [7, 11) is 0. The van der Waals surface area contributed by atoms with E-state index in [1.807, 2.05) is 31.2 Å². The minimum Gasteiger partial charge on any atom is -0.377 e. The number of ether oxygens (including phenoxy) is 1. The number of hydrogen-bond donors (Lipinski definition) is 2. The van der Waals surface area contributed by atoms with E-state index in [-0.39, 0.29) is 6.03 Å². The van der Waals surface area contributed by atoms with Crippen LogP contribution >= 0.6 is 0 Å². The van der Waals surface area contributed by atoms with Crippen LogP contribution < -0.4 is 10.6 Å². The molecule has 140 valence electrons. The summed E-state index contributed by atoms with van der Waals surface area (Å²) in [6, 6.07) is 7.62. The highest BCUT2D eigenvalue weighted by Gasteiger charge is 2.15. The van der Waals surface area contributed by atoms with E-state index >= 15 is 0 Å². The molecule has 2 N–H and O–H groups in total. The molecular weight excluding hydrogens is 314 g/mol. The van der Waals surface area contributed by atoms with Gasteiger partial charge in [-0.25, -0.2) is 4.79 Å². The second kappa shape index (κ2) is 11.1. The van der Waals surface area contributed by atoms with Gasteiger partial charge >= 0.3 is 6.03 Å². The summed E-state index contributed by atoms with van der Waals surface area (Å²) >= 11 is 0. The fourth-order valence-corrected chi connectivity index (χ4v) is 3.30. The van der Waals surface area contributed by atoms with Gasteiger partial charge in [0, 0.05) is 30.9 Å². The average Bonchev–Trinajstić information content (AvgIpc) is 2.61. The molecule has 5 nitrogen and oxygen atoms in total. The summed E-state index contributed by atoms with van der Waals surface area (Å²) in [5.41, 5.74) is 1.81. The number of likely N-dealkylation sites (tertiary alicyclic amines) is 1. The Bertz CT molecular complexity index is 521. The van der Waals surface area contributed by atoms with E-state index in [4.69, 9.17) is 4.74 Å². The molecule has 0 aliphatic carbocycles. The van der Waals surface area contributed by atoms with Gasteiger partial charge in [0.15, 0.2) is 0 Å². The third-order valence-electron chi connectivity index (χ3n) is 4.66. The Morgan fingerprint density at radius 2 is 2.16 bits per heavy atom. The van der Waals surface area contributed by atoms with Crippen LogP contribution in [0.15, 0.2) is 24.3 Å². The van der Waals surface area contributed by atoms with Crippen LogP contribution in [-0.4, -0.2) is 43.7 Å². The van der Waals surface area contributed by atoms with Gasteiger partial charge in [-0.1, -0.05) is 25.1 Å². The summed E-state index contributed by atoms with van der Waals surface area (Å²) in [6.07, 6.45) is 4.83. The van der Waals surface area contributed by atoms with E-state index in [2.05, 4.69) is 22.5 Å². The summed E-state index contributed by atoms with van der Waals surface area (Å²) in [5, 5.41) is 5.88. The van der Waals surface area contributed by atoms with E-state index in [9.17, 15) is 4.79 Å². The largest absolute Gasteiger partial charge is 0.377 e. The van der Waals surface area contributed by atoms with Crippen molar-refractivity contribution >= 4 is 11.7 Å². The van der Waals surface area contributed by atoms with E-state index in [0.717, 1.165) is 36.6 Å². The number of unbranched alkanes of at least 4 members (excludes halogenated alkanes) is 1. The van der Waals surface area contributed by atoms with Gasteiger partial charge in [0.05, 0.1) is 6.61 Å². The van der Waals surface area contributed by atoms with Crippen LogP contribution in [0.4, 0.5) is 10.5 Å². The molecule has 0 aromatic heterocycles. The predicted octanol–water partition coefficient (Wildman–Crippen LogP) is 3.86. The predicted molar refractivity (Wildman–Crippen MR) is 103 cm³/mol. The van der Waals surface area contributed by atoms with Gasteiger partial charge in [0.25, 0.3) is 0 Å². The van der Waals surface area contributed by atoms with Crippen LogP contribution in [0.25, 0.3) is 0 Å². The first-order valence-corrected chi connectivity index (χ1v) is 9.62. The van der Waals surface area contributed by atoms with Gasteiger partial charge in [0.2, 0.25) is 0 Å². The topological polar surface area (TPSA) is 53.6 Å². The van der Waals surface area contributed by atoms with Crippen LogP contribution in [-0.2, 0) is 11.3 Å². The lowest BCUT2D eigenvalue weighted by Crippen LogP contribution is -2.35. The van der Waals surface area contributed by atoms with E-state index in [0.29, 0.717) is 19.8 Å². The van der Waals surface area contributed by atoms with E-state index in [1.54, 1.807) is 0 Å². The lowest BCUT2D eigenvalue weighted by atomic mass is 10.0. The zero-order valence-electron chi connectivity index (χ0n) is 15.7. The van der Waals surface area contributed by atoms with Crippen molar-refractivity contribution in [3.8, 4) is 0 Å². The van der Waals surface area contributed by atoms with Gasteiger partial charge in [-0.3, -0.25) is 0 Å². The highest BCUT2D eigenvalue weighted by atomic mass is 16.5. The number of anilines is 1. The lowest BCUT2D eigenvalue weighted by molar-refractivity contribution is 0.134. The molecule has 1 unspecified atom stereocenters. The normalized spacial score (nSPS) is 18.1. The number of carbonyl (C=O) groups is 1. The average molecular weight is 348 g/mol. The monoisotopic (exact) mass is 347 g/mol. The zero-order chi connectivity index (χ0) is 17.9. The molecule has 2 amide bonds. The molecule has 0 radical (unpaired) electrons. The molecule has 1 heterocycles. The summed E-state index contributed by atoms with van der Waals surface area (Å²) in [5.74, 6) is 0.828. The maximum absolute atomic E-state index is 12.1. The Balaban J connectivity index is 1.62. The number of amides is 2. The van der Waals surface area contributed by atoms with Gasteiger partial charge in [0.1, 0.15) is 0 Å². The van der Waals surface area contributed by atoms with Crippen molar-refractivity contribution in [3.05, 3.63) is 29.8 Å². The number of nitrogens with one attached hydrogen (secondary N) is 2. The van der Waals surface area contributed by atoms with Crippen LogP contribution in [0.5, 0.6) is 0 Å². The van der Waals surface area contributed by atoms with Crippen molar-refractivity contribution in [1.82, 2.24) is 10.2 Å². The quantitative estimate of drug-likeness (QED) is 0.667. The molecule has 1 atom stereocenters. The first kappa shape index (κ1) is 19.7. The van der Waals surface area contributed by atoms with Crippen molar-refractivity contribution in [1.29, 1.82) is 0 Å². The standard InChI is InChI=1S/C20H33N3O2/c1-3-25-16-18-10-4-5-11-19(18)22-20(24)21-12-6-7-13-23-14-8-9-17(2)15-23/h4-5,10-11,17H,3,6-9,12-16H2,1-2H3,(H2,21,22,24). The van der Waals surface area contributed by atoms with Crippen LogP contribution in [0, 0.1) is 5.92 Å². The molecule has 0 spiro atoms. The SMILES string of the molecule is CCOCc1ccccc1NC(=O)NCCCCN1CCCC(C)C1. The number of urea groups is 1. The second-order valence-electron chi connectivity index (χ2n) is 6.93. The number of benzene rings is 1. The minimum atomic E-state index is -0.143. The van der Waals surface area contributed by atoms with Crippen molar-refractivity contribution < 1.29 is 9.53 Å². The van der Waals surface area contributed by atoms with Gasteiger partial charge in [-0.2, -0.15) is 0 Å².